The van der Waals surface area contributed by atoms with Gasteiger partial charge in [-0.05, 0) is 61.0 Å². The molecule has 0 bridgehead atoms. The molecule has 27 heavy (non-hydrogen) atoms. The molecule has 146 valence electrons. The highest BCUT2D eigenvalue weighted by Gasteiger charge is 2.51. The number of ether oxygens (including phenoxy) is 1. The van der Waals surface area contributed by atoms with Crippen LogP contribution in [0, 0.1) is 22.6 Å². The van der Waals surface area contributed by atoms with Gasteiger partial charge in [-0.1, -0.05) is 12.1 Å². The molecule has 1 spiro atoms. The van der Waals surface area contributed by atoms with E-state index < -0.39 is 22.9 Å². The van der Waals surface area contributed by atoms with Crippen molar-refractivity contribution in [3.63, 3.8) is 0 Å². The summed E-state index contributed by atoms with van der Waals surface area (Å²) >= 11 is 3.26. The monoisotopic (exact) mass is 458 g/mol. The number of nitrogens with zero attached hydrogens (tertiary/aromatic N) is 2. The smallest absolute Gasteiger partial charge is 0.428 e. The highest BCUT2D eigenvalue weighted by atomic mass is 79.9. The highest BCUT2D eigenvalue weighted by molar-refractivity contribution is 9.10. The van der Waals surface area contributed by atoms with Gasteiger partial charge in [0.25, 0.3) is 0 Å². The lowest BCUT2D eigenvalue weighted by molar-refractivity contribution is 0.00417. The van der Waals surface area contributed by atoms with Gasteiger partial charge in [0.05, 0.1) is 16.0 Å². The Hall–Kier alpha value is -1.69. The maximum Gasteiger partial charge on any atom is 0.428 e. The van der Waals surface area contributed by atoms with Gasteiger partial charge in [-0.15, -0.1) is 12.4 Å². The Morgan fingerprint density at radius 1 is 1.44 bits per heavy atom. The zero-order valence-corrected chi connectivity index (χ0v) is 17.2. The molecule has 0 unspecified atom stereocenters. The SMILES string of the molecule is C[C@H](N)CC1(C#N)CCC2(CC1)OC(=O)NN=C2c1cccc(F)c1Br.Cl. The van der Waals surface area contributed by atoms with E-state index in [1.807, 2.05) is 6.92 Å². The average molecular weight is 460 g/mol. The number of halogens is 3. The van der Waals surface area contributed by atoms with Crippen LogP contribution in [0.15, 0.2) is 27.8 Å². The Labute approximate surface area is 171 Å². The summed E-state index contributed by atoms with van der Waals surface area (Å²) in [5.41, 5.74) is 7.71. The number of hydrogen-bond donors (Lipinski definition) is 2. The minimum atomic E-state index is -0.975. The van der Waals surface area contributed by atoms with Crippen molar-refractivity contribution in [3.05, 3.63) is 34.1 Å². The number of rotatable bonds is 3. The van der Waals surface area contributed by atoms with Gasteiger partial charge in [0.2, 0.25) is 0 Å². The summed E-state index contributed by atoms with van der Waals surface area (Å²) in [6.45, 7) is 1.88. The second-order valence-corrected chi connectivity index (χ2v) is 7.92. The fourth-order valence-corrected chi connectivity index (χ4v) is 4.35. The van der Waals surface area contributed by atoms with E-state index in [0.29, 0.717) is 43.4 Å². The van der Waals surface area contributed by atoms with E-state index in [-0.39, 0.29) is 22.9 Å². The largest absolute Gasteiger partial charge is 0.435 e. The third-order valence-electron chi connectivity index (χ3n) is 5.15. The molecular formula is C18H21BrClFN4O2. The van der Waals surface area contributed by atoms with E-state index in [1.54, 1.807) is 12.1 Å². The normalized spacial score (nSPS) is 28.3. The van der Waals surface area contributed by atoms with Gasteiger partial charge < -0.3 is 10.5 Å². The van der Waals surface area contributed by atoms with Crippen LogP contribution in [0.25, 0.3) is 0 Å². The fraction of sp³-hybridized carbons (Fsp3) is 0.500. The number of hydrazone groups is 1. The molecule has 1 fully saturated rings. The first-order valence-corrected chi connectivity index (χ1v) is 9.28. The molecule has 0 aromatic heterocycles. The van der Waals surface area contributed by atoms with E-state index in [1.165, 1.54) is 6.07 Å². The van der Waals surface area contributed by atoms with E-state index in [0.717, 1.165) is 0 Å². The number of amides is 1. The summed E-state index contributed by atoms with van der Waals surface area (Å²) in [7, 11) is 0. The summed E-state index contributed by atoms with van der Waals surface area (Å²) in [4.78, 5) is 11.9. The summed E-state index contributed by atoms with van der Waals surface area (Å²) < 4.78 is 19.9. The standard InChI is InChI=1S/C18H20BrFN4O2.ClH/c1-11(22)9-17(10-21)5-7-18(8-6-17)15(23-24-16(25)26-18)12-3-2-4-13(20)14(12)19;/h2-4,11H,5-9,22H2,1H3,(H,24,25);1H/t11-,17?,18?;/m0./s1. The molecule has 1 atom stereocenters. The van der Waals surface area contributed by atoms with Gasteiger partial charge in [0.1, 0.15) is 11.5 Å². The first-order valence-electron chi connectivity index (χ1n) is 8.49. The van der Waals surface area contributed by atoms with E-state index in [2.05, 4.69) is 32.5 Å². The Bertz CT molecular complexity index is 801. The maximum absolute atomic E-state index is 14.0. The summed E-state index contributed by atoms with van der Waals surface area (Å²) in [6, 6.07) is 6.97. The molecule has 1 aromatic rings. The molecule has 3 N–H and O–H groups in total. The predicted molar refractivity (Wildman–Crippen MR) is 105 cm³/mol. The van der Waals surface area contributed by atoms with E-state index in [4.69, 9.17) is 10.5 Å². The van der Waals surface area contributed by atoms with Crippen molar-refractivity contribution in [3.8, 4) is 6.07 Å². The molecule has 1 aromatic carbocycles. The lowest BCUT2D eigenvalue weighted by atomic mass is 9.65. The number of benzene rings is 1. The van der Waals surface area contributed by atoms with Crippen molar-refractivity contribution in [2.24, 2.45) is 16.3 Å². The zero-order valence-electron chi connectivity index (χ0n) is 14.8. The van der Waals surface area contributed by atoms with Crippen LogP contribution in [-0.4, -0.2) is 23.4 Å². The second kappa shape index (κ2) is 8.13. The van der Waals surface area contributed by atoms with Crippen LogP contribution in [0.4, 0.5) is 9.18 Å². The Balaban J connectivity index is 0.00000261. The predicted octanol–water partition coefficient (Wildman–Crippen LogP) is 4.01. The van der Waals surface area contributed by atoms with E-state index >= 15 is 0 Å². The van der Waals surface area contributed by atoms with Crippen molar-refractivity contribution in [1.29, 1.82) is 5.26 Å². The number of hydrogen-bond acceptors (Lipinski definition) is 5. The van der Waals surface area contributed by atoms with Crippen molar-refractivity contribution < 1.29 is 13.9 Å². The second-order valence-electron chi connectivity index (χ2n) is 7.13. The summed E-state index contributed by atoms with van der Waals surface area (Å²) in [5, 5.41) is 13.9. The minimum absolute atomic E-state index is 0. The number of nitrogens with one attached hydrogen (secondary N) is 1. The fourth-order valence-electron chi connectivity index (χ4n) is 3.89. The molecule has 0 saturated heterocycles. The quantitative estimate of drug-likeness (QED) is 0.713. The molecule has 9 heteroatoms. The topological polar surface area (TPSA) is 101 Å². The Morgan fingerprint density at radius 3 is 2.70 bits per heavy atom. The van der Waals surface area contributed by atoms with Crippen molar-refractivity contribution in [2.75, 3.05) is 0 Å². The zero-order chi connectivity index (χ0) is 18.9. The van der Waals surface area contributed by atoms with Crippen LogP contribution in [0.5, 0.6) is 0 Å². The molecule has 1 amide bonds. The third kappa shape index (κ3) is 4.10. The van der Waals surface area contributed by atoms with Crippen LogP contribution < -0.4 is 11.2 Å². The number of carbonyl (C=O) groups excluding carboxylic acids is 1. The lowest BCUT2D eigenvalue weighted by Crippen LogP contribution is -2.54. The van der Waals surface area contributed by atoms with Gasteiger partial charge in [-0.3, -0.25) is 0 Å². The number of carbonyl (C=O) groups is 1. The van der Waals surface area contributed by atoms with Crippen molar-refractivity contribution >= 4 is 40.1 Å². The van der Waals surface area contributed by atoms with E-state index in [9.17, 15) is 14.4 Å². The first kappa shape index (κ1) is 21.6. The van der Waals surface area contributed by atoms with Gasteiger partial charge in [0.15, 0.2) is 5.60 Å². The molecule has 2 aliphatic rings. The van der Waals surface area contributed by atoms with Crippen LogP contribution in [0.1, 0.15) is 44.6 Å². The first-order chi connectivity index (χ1) is 12.3. The Kier molecular flexibility index (Phi) is 6.51. The molecule has 0 radical (unpaired) electrons. The van der Waals surface area contributed by atoms with Gasteiger partial charge in [0, 0.05) is 11.6 Å². The molecule has 1 heterocycles. The average Bonchev–Trinajstić information content (AvgIpc) is 2.60. The van der Waals surface area contributed by atoms with Crippen LogP contribution in [-0.2, 0) is 4.74 Å². The minimum Gasteiger partial charge on any atom is -0.435 e. The third-order valence-corrected chi connectivity index (χ3v) is 5.96. The summed E-state index contributed by atoms with van der Waals surface area (Å²) in [6.07, 6.45) is 1.87. The lowest BCUT2D eigenvalue weighted by Gasteiger charge is -2.45. The van der Waals surface area contributed by atoms with Gasteiger partial charge in [-0.2, -0.15) is 10.4 Å². The van der Waals surface area contributed by atoms with Crippen LogP contribution >= 0.6 is 28.3 Å². The van der Waals surface area contributed by atoms with Crippen molar-refractivity contribution in [2.45, 2.75) is 50.7 Å². The molecular weight excluding hydrogens is 439 g/mol. The molecule has 1 aliphatic carbocycles. The Morgan fingerprint density at radius 2 is 2.11 bits per heavy atom. The number of nitrogens with two attached hydrogens (primary N) is 1. The molecule has 1 aliphatic heterocycles. The molecule has 3 rings (SSSR count). The van der Waals surface area contributed by atoms with Crippen LogP contribution in [0.2, 0.25) is 0 Å². The highest BCUT2D eigenvalue weighted by Crippen LogP contribution is 2.47. The molecule has 1 saturated carbocycles. The van der Waals surface area contributed by atoms with Crippen LogP contribution in [0.3, 0.4) is 0 Å². The van der Waals surface area contributed by atoms with Gasteiger partial charge >= 0.3 is 6.09 Å². The molecule has 6 nitrogen and oxygen atoms in total. The number of nitriles is 1. The van der Waals surface area contributed by atoms with Gasteiger partial charge in [-0.25, -0.2) is 14.6 Å². The summed E-state index contributed by atoms with van der Waals surface area (Å²) in [5.74, 6) is -0.420. The van der Waals surface area contributed by atoms with Crippen molar-refractivity contribution in [1.82, 2.24) is 5.43 Å². The maximum atomic E-state index is 14.0.